The van der Waals surface area contributed by atoms with E-state index in [1.807, 2.05) is 30.5 Å². The van der Waals surface area contributed by atoms with Crippen molar-refractivity contribution in [2.24, 2.45) is 0 Å². The van der Waals surface area contributed by atoms with Crippen molar-refractivity contribution >= 4 is 11.7 Å². The van der Waals surface area contributed by atoms with Crippen LogP contribution in [0.4, 0.5) is 0 Å². The zero-order chi connectivity index (χ0) is 15.1. The molecule has 0 spiro atoms. The van der Waals surface area contributed by atoms with Crippen molar-refractivity contribution in [1.29, 1.82) is 0 Å². The van der Waals surface area contributed by atoms with Crippen molar-refractivity contribution in [3.05, 3.63) is 29.3 Å². The van der Waals surface area contributed by atoms with Crippen LogP contribution < -0.4 is 0 Å². The summed E-state index contributed by atoms with van der Waals surface area (Å²) in [5.74, 6) is -0.201. The first-order valence-corrected chi connectivity index (χ1v) is 6.48. The van der Waals surface area contributed by atoms with Crippen LogP contribution in [0.15, 0.2) is 12.3 Å². The lowest BCUT2D eigenvalue weighted by atomic mass is 10.0. The molecular weight excluding hydrogens is 256 g/mol. The second-order valence-corrected chi connectivity index (χ2v) is 5.66. The quantitative estimate of drug-likeness (QED) is 0.919. The van der Waals surface area contributed by atoms with Crippen LogP contribution in [0.5, 0.6) is 0 Å². The number of hydrogen-bond donors (Lipinski definition) is 1. The second-order valence-electron chi connectivity index (χ2n) is 5.66. The Bertz CT molecular complexity index is 660. The monoisotopic (exact) mass is 276 g/mol. The zero-order valence-corrected chi connectivity index (χ0v) is 12.5. The number of carboxylic acids is 1. The average molecular weight is 276 g/mol. The van der Waals surface area contributed by atoms with Crippen molar-refractivity contribution in [2.45, 2.75) is 39.8 Å². The molecule has 2 rings (SSSR count). The number of nitrogens with zero attached hydrogens (tertiary/aromatic N) is 4. The summed E-state index contributed by atoms with van der Waals surface area (Å²) in [6, 6.07) is 1.99. The van der Waals surface area contributed by atoms with E-state index in [1.54, 1.807) is 25.8 Å². The highest BCUT2D eigenvalue weighted by Crippen LogP contribution is 2.16. The summed E-state index contributed by atoms with van der Waals surface area (Å²) in [6.45, 7) is 7.75. The van der Waals surface area contributed by atoms with Gasteiger partial charge in [-0.2, -0.15) is 0 Å². The topological polar surface area (TPSA) is 70.7 Å². The van der Waals surface area contributed by atoms with Crippen LogP contribution in [0.25, 0.3) is 5.78 Å². The average Bonchev–Trinajstić information content (AvgIpc) is 2.71. The summed E-state index contributed by atoms with van der Waals surface area (Å²) in [5.41, 5.74) is 1.86. The highest BCUT2D eigenvalue weighted by molar-refractivity contribution is 5.77. The first-order valence-electron chi connectivity index (χ1n) is 6.48. The van der Waals surface area contributed by atoms with E-state index in [0.717, 1.165) is 17.1 Å². The van der Waals surface area contributed by atoms with Crippen LogP contribution in [0.2, 0.25) is 0 Å². The Morgan fingerprint density at radius 2 is 2.05 bits per heavy atom. The van der Waals surface area contributed by atoms with Gasteiger partial charge in [0.15, 0.2) is 0 Å². The van der Waals surface area contributed by atoms with Crippen molar-refractivity contribution < 1.29 is 9.90 Å². The molecular formula is C14H20N4O2. The molecule has 2 aromatic heterocycles. The highest BCUT2D eigenvalue weighted by atomic mass is 16.4. The van der Waals surface area contributed by atoms with Gasteiger partial charge in [0, 0.05) is 24.1 Å². The normalized spacial score (nSPS) is 12.3. The van der Waals surface area contributed by atoms with Gasteiger partial charge in [0.2, 0.25) is 5.78 Å². The molecule has 0 atom stereocenters. The van der Waals surface area contributed by atoms with Crippen LogP contribution in [0, 0.1) is 13.8 Å². The molecule has 0 saturated carbocycles. The molecule has 20 heavy (non-hydrogen) atoms. The number of rotatable bonds is 4. The molecule has 0 radical (unpaired) electrons. The van der Waals surface area contributed by atoms with Crippen LogP contribution >= 0.6 is 0 Å². The van der Waals surface area contributed by atoms with Crippen LogP contribution in [-0.4, -0.2) is 42.9 Å². The number of hydrogen-bond acceptors (Lipinski definition) is 4. The SMILES string of the molecule is Cc1cc(C)n2cc(CN(C)C(C)(C)C(=O)O)nc2n1. The predicted octanol–water partition coefficient (Wildman–Crippen LogP) is 1.64. The number of likely N-dealkylation sites (N-methyl/N-ethyl adjacent to an activating group) is 1. The van der Waals surface area contributed by atoms with Gasteiger partial charge < -0.3 is 5.11 Å². The molecule has 0 unspecified atom stereocenters. The number of imidazole rings is 1. The van der Waals surface area contributed by atoms with E-state index in [-0.39, 0.29) is 0 Å². The molecule has 6 heteroatoms. The maximum absolute atomic E-state index is 11.2. The minimum absolute atomic E-state index is 0.459. The minimum Gasteiger partial charge on any atom is -0.480 e. The highest BCUT2D eigenvalue weighted by Gasteiger charge is 2.32. The summed E-state index contributed by atoms with van der Waals surface area (Å²) < 4.78 is 1.92. The van der Waals surface area contributed by atoms with Crippen molar-refractivity contribution in [3.8, 4) is 0 Å². The third kappa shape index (κ3) is 2.51. The van der Waals surface area contributed by atoms with Crippen molar-refractivity contribution in [1.82, 2.24) is 19.3 Å². The molecule has 0 saturated heterocycles. The van der Waals surface area contributed by atoms with E-state index < -0.39 is 11.5 Å². The molecule has 108 valence electrons. The summed E-state index contributed by atoms with van der Waals surface area (Å²) in [7, 11) is 1.78. The largest absolute Gasteiger partial charge is 0.480 e. The van der Waals surface area contributed by atoms with Crippen molar-refractivity contribution in [3.63, 3.8) is 0 Å². The Kier molecular flexibility index (Phi) is 3.52. The summed E-state index contributed by atoms with van der Waals surface area (Å²) >= 11 is 0. The smallest absolute Gasteiger partial charge is 0.323 e. The van der Waals surface area contributed by atoms with Gasteiger partial charge in [0.05, 0.1) is 5.69 Å². The maximum atomic E-state index is 11.2. The van der Waals surface area contributed by atoms with E-state index in [1.165, 1.54) is 0 Å². The molecule has 0 aliphatic heterocycles. The Morgan fingerprint density at radius 1 is 1.40 bits per heavy atom. The number of carboxylic acid groups (broad SMARTS) is 1. The summed E-state index contributed by atoms with van der Waals surface area (Å²) in [4.78, 5) is 21.9. The van der Waals surface area contributed by atoms with Gasteiger partial charge in [-0.05, 0) is 40.8 Å². The molecule has 2 aromatic rings. The zero-order valence-electron chi connectivity index (χ0n) is 12.5. The van der Waals surface area contributed by atoms with Gasteiger partial charge in [0.25, 0.3) is 0 Å². The van der Waals surface area contributed by atoms with E-state index >= 15 is 0 Å². The molecule has 0 amide bonds. The lowest BCUT2D eigenvalue weighted by molar-refractivity contribution is -0.148. The Hall–Kier alpha value is -1.95. The summed E-state index contributed by atoms with van der Waals surface area (Å²) in [5, 5.41) is 9.23. The number of fused-ring (bicyclic) bond motifs is 1. The number of carbonyl (C=O) groups is 1. The van der Waals surface area contributed by atoms with Gasteiger partial charge in [-0.15, -0.1) is 0 Å². The Labute approximate surface area is 118 Å². The van der Waals surface area contributed by atoms with Crippen LogP contribution in [-0.2, 0) is 11.3 Å². The molecule has 6 nitrogen and oxygen atoms in total. The van der Waals surface area contributed by atoms with Crippen molar-refractivity contribution in [2.75, 3.05) is 7.05 Å². The number of aliphatic carboxylic acids is 1. The Balaban J connectivity index is 2.31. The van der Waals surface area contributed by atoms with Gasteiger partial charge in [-0.1, -0.05) is 0 Å². The van der Waals surface area contributed by atoms with Gasteiger partial charge in [0.1, 0.15) is 5.54 Å². The molecule has 0 aliphatic rings. The summed E-state index contributed by atoms with van der Waals surface area (Å²) in [6.07, 6.45) is 1.91. The fourth-order valence-electron chi connectivity index (χ4n) is 2.00. The molecule has 0 bridgehead atoms. The Morgan fingerprint density at radius 3 is 2.65 bits per heavy atom. The van der Waals surface area contributed by atoms with E-state index in [9.17, 15) is 9.90 Å². The van der Waals surface area contributed by atoms with Crippen LogP contribution in [0.1, 0.15) is 30.9 Å². The molecule has 0 aliphatic carbocycles. The second kappa shape index (κ2) is 4.86. The van der Waals surface area contributed by atoms with Gasteiger partial charge in [-0.25, -0.2) is 9.97 Å². The van der Waals surface area contributed by atoms with Gasteiger partial charge in [-0.3, -0.25) is 14.1 Å². The lowest BCUT2D eigenvalue weighted by Gasteiger charge is -2.30. The lowest BCUT2D eigenvalue weighted by Crippen LogP contribution is -2.47. The first kappa shape index (κ1) is 14.5. The van der Waals surface area contributed by atoms with E-state index in [2.05, 4.69) is 9.97 Å². The fourth-order valence-corrected chi connectivity index (χ4v) is 2.00. The number of aromatic nitrogens is 3. The fraction of sp³-hybridized carbons (Fsp3) is 0.500. The molecule has 0 aromatic carbocycles. The predicted molar refractivity (Wildman–Crippen MR) is 75.6 cm³/mol. The molecule has 1 N–H and O–H groups in total. The van der Waals surface area contributed by atoms with Crippen LogP contribution in [0.3, 0.4) is 0 Å². The first-order chi connectivity index (χ1) is 9.21. The maximum Gasteiger partial charge on any atom is 0.323 e. The van der Waals surface area contributed by atoms with E-state index in [0.29, 0.717) is 12.3 Å². The van der Waals surface area contributed by atoms with Gasteiger partial charge >= 0.3 is 5.97 Å². The standard InChI is InChI=1S/C14H20N4O2/c1-9-6-10(2)18-8-11(16-13(18)15-9)7-17(5)14(3,4)12(19)20/h6,8H,7H2,1-5H3,(H,19,20). The van der Waals surface area contributed by atoms with E-state index in [4.69, 9.17) is 0 Å². The molecule has 0 fully saturated rings. The third-order valence-electron chi connectivity index (χ3n) is 3.69. The third-order valence-corrected chi connectivity index (χ3v) is 3.69. The molecule has 2 heterocycles. The number of aryl methyl sites for hydroxylation is 2. The minimum atomic E-state index is -0.936.